The molecule has 0 aliphatic carbocycles. The van der Waals surface area contributed by atoms with Gasteiger partial charge in [0.25, 0.3) is 0 Å². The highest BCUT2D eigenvalue weighted by Crippen LogP contribution is 2.38. The number of pyridine rings is 2. The van der Waals surface area contributed by atoms with E-state index >= 15 is 0 Å². The molecule has 34 heavy (non-hydrogen) atoms. The molecule has 7 heteroatoms. The number of anilines is 3. The van der Waals surface area contributed by atoms with Crippen molar-refractivity contribution in [1.29, 1.82) is 0 Å². The zero-order chi connectivity index (χ0) is 24.1. The Morgan fingerprint density at radius 1 is 1.03 bits per heavy atom. The van der Waals surface area contributed by atoms with Crippen molar-refractivity contribution in [2.45, 2.75) is 30.6 Å². The molecule has 0 atom stereocenters. The molecule has 2 aromatic heterocycles. The molecule has 0 radical (unpaired) electrons. The third-order valence-corrected chi connectivity index (χ3v) is 5.93. The predicted octanol–water partition coefficient (Wildman–Crippen LogP) is 6.75. The van der Waals surface area contributed by atoms with Crippen LogP contribution in [0.2, 0.25) is 0 Å². The number of carbonyl (C=O) groups is 1. The van der Waals surface area contributed by atoms with Gasteiger partial charge in [0.05, 0.1) is 11.4 Å². The van der Waals surface area contributed by atoms with E-state index in [-0.39, 0.29) is 5.91 Å². The van der Waals surface area contributed by atoms with Gasteiger partial charge in [-0.05, 0) is 74.0 Å². The highest BCUT2D eigenvalue weighted by atomic mass is 32.2. The summed E-state index contributed by atoms with van der Waals surface area (Å²) in [7, 11) is 0. The topological polar surface area (TPSA) is 76.1 Å². The fourth-order valence-electron chi connectivity index (χ4n) is 3.31. The monoisotopic (exact) mass is 470 g/mol. The number of nitrogens with zero attached hydrogens (tertiary/aromatic N) is 2. The van der Waals surface area contributed by atoms with Crippen LogP contribution in [0.5, 0.6) is 5.75 Å². The molecule has 2 heterocycles. The first-order valence-corrected chi connectivity index (χ1v) is 11.6. The summed E-state index contributed by atoms with van der Waals surface area (Å²) in [6, 6.07) is 19.7. The molecular weight excluding hydrogens is 444 g/mol. The van der Waals surface area contributed by atoms with E-state index in [0.717, 1.165) is 49.3 Å². The molecule has 4 rings (SSSR count). The van der Waals surface area contributed by atoms with Crippen LogP contribution in [-0.4, -0.2) is 22.5 Å². The van der Waals surface area contributed by atoms with Crippen LogP contribution in [-0.2, 0) is 4.79 Å². The van der Waals surface area contributed by atoms with Gasteiger partial charge >= 0.3 is 0 Å². The van der Waals surface area contributed by atoms with Gasteiger partial charge in [0.15, 0.2) is 5.65 Å². The minimum absolute atomic E-state index is 0.0912. The highest BCUT2D eigenvalue weighted by Gasteiger charge is 2.11. The van der Waals surface area contributed by atoms with Crippen molar-refractivity contribution in [3.8, 4) is 5.75 Å². The number of aryl methyl sites for hydroxylation is 1. The van der Waals surface area contributed by atoms with Crippen LogP contribution in [0.25, 0.3) is 11.0 Å². The summed E-state index contributed by atoms with van der Waals surface area (Å²) < 4.78 is 5.89. The van der Waals surface area contributed by atoms with E-state index in [2.05, 4.69) is 27.2 Å². The van der Waals surface area contributed by atoms with Gasteiger partial charge in [-0.25, -0.2) is 9.97 Å². The number of rotatable bonds is 8. The van der Waals surface area contributed by atoms with Crippen LogP contribution < -0.4 is 15.4 Å². The van der Waals surface area contributed by atoms with Crippen LogP contribution in [0.1, 0.15) is 19.5 Å². The maximum Gasteiger partial charge on any atom is 0.221 e. The summed E-state index contributed by atoms with van der Waals surface area (Å²) >= 11 is 1.62. The Labute approximate surface area is 203 Å². The van der Waals surface area contributed by atoms with Gasteiger partial charge in [-0.3, -0.25) is 4.79 Å². The lowest BCUT2D eigenvalue weighted by atomic mass is 10.2. The fourth-order valence-corrected chi connectivity index (χ4v) is 4.19. The molecule has 4 aromatic rings. The molecule has 2 aromatic carbocycles. The molecule has 1 amide bonds. The lowest BCUT2D eigenvalue weighted by Crippen LogP contribution is -2.05. The second-order valence-electron chi connectivity index (χ2n) is 8.02. The first-order chi connectivity index (χ1) is 16.4. The molecule has 0 spiro atoms. The predicted molar refractivity (Wildman–Crippen MR) is 139 cm³/mol. The minimum Gasteiger partial charge on any atom is -0.489 e. The smallest absolute Gasteiger partial charge is 0.221 e. The van der Waals surface area contributed by atoms with E-state index < -0.39 is 0 Å². The second-order valence-corrected chi connectivity index (χ2v) is 9.13. The van der Waals surface area contributed by atoms with Crippen molar-refractivity contribution in [2.75, 3.05) is 17.2 Å². The summed E-state index contributed by atoms with van der Waals surface area (Å²) in [5, 5.41) is 7.30. The van der Waals surface area contributed by atoms with Gasteiger partial charge in [0, 0.05) is 45.7 Å². The standard InChI is InChI=1S/C27H26N4O2S/c1-17(2)16-33-21-8-12-26(34-22-9-6-20(7-10-22)30-19(4)32)25(15-21)31-24-13-14-28-27-23(24)11-5-18(3)29-27/h5-15H,1,16H2,2-4H3,(H,30,32)(H,28,29,31). The van der Waals surface area contributed by atoms with Crippen molar-refractivity contribution in [2.24, 2.45) is 0 Å². The molecule has 0 bridgehead atoms. The summed E-state index contributed by atoms with van der Waals surface area (Å²) in [4.78, 5) is 22.3. The summed E-state index contributed by atoms with van der Waals surface area (Å²) in [5.41, 5.74) is 5.16. The van der Waals surface area contributed by atoms with Crippen LogP contribution in [0.4, 0.5) is 17.1 Å². The molecular formula is C27H26N4O2S. The number of hydrogen-bond acceptors (Lipinski definition) is 6. The SMILES string of the molecule is C=C(C)COc1ccc(Sc2ccc(NC(C)=O)cc2)c(Nc2ccnc3nc(C)ccc23)c1. The maximum atomic E-state index is 11.3. The summed E-state index contributed by atoms with van der Waals surface area (Å²) in [6.07, 6.45) is 1.76. The average Bonchev–Trinajstić information content (AvgIpc) is 2.80. The molecule has 172 valence electrons. The normalized spacial score (nSPS) is 10.7. The van der Waals surface area contributed by atoms with Gasteiger partial charge in [0.2, 0.25) is 5.91 Å². The Bertz CT molecular complexity index is 1350. The molecule has 2 N–H and O–H groups in total. The number of nitrogens with one attached hydrogen (secondary N) is 2. The number of fused-ring (bicyclic) bond motifs is 1. The lowest BCUT2D eigenvalue weighted by molar-refractivity contribution is -0.114. The van der Waals surface area contributed by atoms with Crippen molar-refractivity contribution < 1.29 is 9.53 Å². The van der Waals surface area contributed by atoms with Crippen LogP contribution in [0, 0.1) is 6.92 Å². The largest absolute Gasteiger partial charge is 0.489 e. The van der Waals surface area contributed by atoms with Crippen molar-refractivity contribution in [3.05, 3.63) is 84.7 Å². The van der Waals surface area contributed by atoms with Gasteiger partial charge in [-0.15, -0.1) is 0 Å². The van der Waals surface area contributed by atoms with Gasteiger partial charge < -0.3 is 15.4 Å². The molecule has 0 saturated heterocycles. The van der Waals surface area contributed by atoms with Crippen molar-refractivity contribution in [1.82, 2.24) is 9.97 Å². The van der Waals surface area contributed by atoms with Gasteiger partial charge in [-0.2, -0.15) is 0 Å². The van der Waals surface area contributed by atoms with E-state index in [1.54, 1.807) is 18.0 Å². The number of hydrogen-bond donors (Lipinski definition) is 2. The minimum atomic E-state index is -0.0912. The van der Waals surface area contributed by atoms with Crippen LogP contribution in [0.3, 0.4) is 0 Å². The van der Waals surface area contributed by atoms with E-state index in [0.29, 0.717) is 12.3 Å². The number of carbonyl (C=O) groups excluding carboxylic acids is 1. The summed E-state index contributed by atoms with van der Waals surface area (Å²) in [5.74, 6) is 0.662. The fraction of sp³-hybridized carbons (Fsp3) is 0.148. The number of benzene rings is 2. The molecule has 0 aliphatic rings. The number of ether oxygens (including phenoxy) is 1. The first-order valence-electron chi connectivity index (χ1n) is 10.8. The van der Waals surface area contributed by atoms with Crippen LogP contribution in [0.15, 0.2) is 88.8 Å². The molecule has 0 fully saturated rings. The molecule has 0 aliphatic heterocycles. The zero-order valence-electron chi connectivity index (χ0n) is 19.4. The lowest BCUT2D eigenvalue weighted by Gasteiger charge is -2.16. The Morgan fingerprint density at radius 3 is 2.56 bits per heavy atom. The number of aromatic nitrogens is 2. The molecule has 6 nitrogen and oxygen atoms in total. The van der Waals surface area contributed by atoms with E-state index in [1.807, 2.05) is 74.5 Å². The average molecular weight is 471 g/mol. The third kappa shape index (κ3) is 5.94. The quantitative estimate of drug-likeness (QED) is 0.278. The van der Waals surface area contributed by atoms with E-state index in [9.17, 15) is 4.79 Å². The van der Waals surface area contributed by atoms with Crippen LogP contribution >= 0.6 is 11.8 Å². The van der Waals surface area contributed by atoms with E-state index in [4.69, 9.17) is 4.74 Å². The van der Waals surface area contributed by atoms with Gasteiger partial charge in [-0.1, -0.05) is 18.3 Å². The molecule has 0 saturated carbocycles. The highest BCUT2D eigenvalue weighted by molar-refractivity contribution is 7.99. The second kappa shape index (κ2) is 10.4. The third-order valence-electron chi connectivity index (χ3n) is 4.85. The Balaban J connectivity index is 1.67. The van der Waals surface area contributed by atoms with E-state index in [1.165, 1.54) is 6.92 Å². The first kappa shape index (κ1) is 23.3. The van der Waals surface area contributed by atoms with Crippen molar-refractivity contribution >= 4 is 45.8 Å². The van der Waals surface area contributed by atoms with Gasteiger partial charge in [0.1, 0.15) is 12.4 Å². The summed E-state index contributed by atoms with van der Waals surface area (Å²) in [6.45, 7) is 9.76. The Morgan fingerprint density at radius 2 is 1.82 bits per heavy atom. The Kier molecular flexibility index (Phi) is 7.13. The zero-order valence-corrected chi connectivity index (χ0v) is 20.2. The van der Waals surface area contributed by atoms with Crippen molar-refractivity contribution in [3.63, 3.8) is 0 Å². The number of amides is 1. The molecule has 0 unspecified atom stereocenters. The Hall–Kier alpha value is -3.84. The maximum absolute atomic E-state index is 11.3.